The Hall–Kier alpha value is -2.00. The Morgan fingerprint density at radius 1 is 1.40 bits per heavy atom. The number of hydrogen-bond donors (Lipinski definition) is 1. The second-order valence-corrected chi connectivity index (χ2v) is 7.54. The molecule has 0 aliphatic carbocycles. The Balaban J connectivity index is 2.00. The number of anilines is 1. The summed E-state index contributed by atoms with van der Waals surface area (Å²) in [7, 11) is -1.84. The first-order valence-corrected chi connectivity index (χ1v) is 8.15. The maximum atomic E-state index is 12.3. The molecule has 7 nitrogen and oxygen atoms in total. The van der Waals surface area contributed by atoms with Gasteiger partial charge in [-0.2, -0.15) is 0 Å². The Kier molecular flexibility index (Phi) is 2.94. The monoisotopic (exact) mass is 309 g/mol. The third-order valence-electron chi connectivity index (χ3n) is 2.65. The second kappa shape index (κ2) is 4.53. The van der Waals surface area contributed by atoms with E-state index in [1.165, 1.54) is 4.68 Å². The van der Waals surface area contributed by atoms with E-state index in [4.69, 9.17) is 5.73 Å². The van der Waals surface area contributed by atoms with Gasteiger partial charge in [-0.1, -0.05) is 5.21 Å². The highest BCUT2D eigenvalue weighted by Crippen LogP contribution is 2.28. The first-order valence-electron chi connectivity index (χ1n) is 5.68. The first-order chi connectivity index (χ1) is 9.44. The summed E-state index contributed by atoms with van der Waals surface area (Å²) in [6.45, 7) is 0. The molecule has 3 rings (SSSR count). The van der Waals surface area contributed by atoms with Gasteiger partial charge in [0, 0.05) is 18.9 Å². The van der Waals surface area contributed by atoms with Crippen molar-refractivity contribution in [2.45, 2.75) is 10.1 Å². The van der Waals surface area contributed by atoms with Crippen LogP contribution in [0.2, 0.25) is 0 Å². The van der Waals surface area contributed by atoms with Crippen LogP contribution in [0, 0.1) is 0 Å². The normalized spacial score (nSPS) is 12.1. The molecule has 0 atom stereocenters. The third kappa shape index (κ3) is 2.37. The lowest BCUT2D eigenvalue weighted by molar-refractivity contribution is 0.594. The summed E-state index contributed by atoms with van der Waals surface area (Å²) < 4.78 is 26.9. The Bertz CT molecular complexity index is 881. The van der Waals surface area contributed by atoms with E-state index in [-0.39, 0.29) is 10.1 Å². The minimum atomic E-state index is -3.52. The van der Waals surface area contributed by atoms with E-state index in [1.807, 2.05) is 0 Å². The van der Waals surface area contributed by atoms with E-state index in [0.29, 0.717) is 16.9 Å². The Labute approximate surface area is 119 Å². The number of nitrogens with two attached hydrogens (primary N) is 1. The zero-order chi connectivity index (χ0) is 14.3. The molecule has 0 aliphatic rings. The zero-order valence-electron chi connectivity index (χ0n) is 10.5. The predicted octanol–water partition coefficient (Wildman–Crippen LogP) is 0.981. The molecule has 0 bridgehead atoms. The number of fused-ring (bicyclic) bond motifs is 1. The summed E-state index contributed by atoms with van der Waals surface area (Å²) in [6.07, 6.45) is 1.57. The van der Waals surface area contributed by atoms with Gasteiger partial charge in [0.15, 0.2) is 0 Å². The molecule has 0 aliphatic heterocycles. The van der Waals surface area contributed by atoms with Crippen molar-refractivity contribution in [2.24, 2.45) is 7.05 Å². The summed E-state index contributed by atoms with van der Waals surface area (Å²) in [6, 6.07) is 5.12. The lowest BCUT2D eigenvalue weighted by Gasteiger charge is -1.95. The fraction of sp³-hybridized carbons (Fsp3) is 0.182. The number of benzene rings is 1. The topological polar surface area (TPSA) is 104 Å². The van der Waals surface area contributed by atoms with Gasteiger partial charge < -0.3 is 5.73 Å². The number of nitrogen functional groups attached to an aromatic ring is 1. The lowest BCUT2D eigenvalue weighted by Crippen LogP contribution is -2.04. The van der Waals surface area contributed by atoms with Crippen molar-refractivity contribution < 1.29 is 8.42 Å². The fourth-order valence-corrected chi connectivity index (χ4v) is 4.35. The van der Waals surface area contributed by atoms with Crippen molar-refractivity contribution >= 4 is 37.1 Å². The Morgan fingerprint density at radius 3 is 2.90 bits per heavy atom. The molecule has 104 valence electrons. The summed E-state index contributed by atoms with van der Waals surface area (Å²) in [5, 5.41) is 7.50. The maximum Gasteiger partial charge on any atom is 0.211 e. The molecule has 0 fully saturated rings. The summed E-state index contributed by atoms with van der Waals surface area (Å²) in [5.74, 6) is -0.212. The molecule has 2 N–H and O–H groups in total. The van der Waals surface area contributed by atoms with E-state index in [9.17, 15) is 8.42 Å². The minimum absolute atomic E-state index is 0.0729. The number of aryl methyl sites for hydroxylation is 1. The molecule has 9 heteroatoms. The molecule has 0 saturated carbocycles. The number of aromatic nitrogens is 4. The first kappa shape index (κ1) is 13.0. The molecule has 0 spiro atoms. The van der Waals surface area contributed by atoms with Crippen molar-refractivity contribution in [3.63, 3.8) is 0 Å². The molecule has 3 aromatic rings. The van der Waals surface area contributed by atoms with Gasteiger partial charge in [-0.3, -0.25) is 4.68 Å². The van der Waals surface area contributed by atoms with Crippen LogP contribution in [0.3, 0.4) is 0 Å². The third-order valence-corrected chi connectivity index (χ3v) is 5.77. The van der Waals surface area contributed by atoms with Crippen molar-refractivity contribution in [1.29, 1.82) is 0 Å². The predicted molar refractivity (Wildman–Crippen MR) is 75.9 cm³/mol. The van der Waals surface area contributed by atoms with Crippen molar-refractivity contribution in [1.82, 2.24) is 20.0 Å². The van der Waals surface area contributed by atoms with Gasteiger partial charge in [0.2, 0.25) is 14.2 Å². The molecule has 1 aromatic carbocycles. The van der Waals surface area contributed by atoms with Crippen LogP contribution in [0.15, 0.2) is 28.7 Å². The average molecular weight is 309 g/mol. The highest BCUT2D eigenvalue weighted by atomic mass is 32.2. The van der Waals surface area contributed by atoms with Crippen LogP contribution in [0.1, 0.15) is 5.69 Å². The molecule has 0 saturated heterocycles. The summed E-state index contributed by atoms with van der Waals surface area (Å²) in [4.78, 5) is 4.15. The molecule has 0 unspecified atom stereocenters. The average Bonchev–Trinajstić information content (AvgIpc) is 2.95. The van der Waals surface area contributed by atoms with Crippen LogP contribution in [0.4, 0.5) is 5.69 Å². The SMILES string of the molecule is Cn1cc(CS(=O)(=O)c2nc3ccc(N)cc3s2)nn1. The quantitative estimate of drug-likeness (QED) is 0.723. The summed E-state index contributed by atoms with van der Waals surface area (Å²) in [5.41, 5.74) is 7.28. The highest BCUT2D eigenvalue weighted by Gasteiger charge is 2.22. The number of thiazole rings is 1. The number of hydrogen-bond acceptors (Lipinski definition) is 7. The highest BCUT2D eigenvalue weighted by molar-refractivity contribution is 7.92. The molecule has 0 amide bonds. The molecule has 2 aromatic heterocycles. The molecule has 20 heavy (non-hydrogen) atoms. The van der Waals surface area contributed by atoms with Crippen molar-refractivity contribution in [2.75, 3.05) is 5.73 Å². The van der Waals surface area contributed by atoms with Gasteiger partial charge >= 0.3 is 0 Å². The van der Waals surface area contributed by atoms with Gasteiger partial charge in [0.1, 0.15) is 5.75 Å². The Morgan fingerprint density at radius 2 is 2.20 bits per heavy atom. The molecular formula is C11H11N5O2S2. The van der Waals surface area contributed by atoms with Crippen molar-refractivity contribution in [3.8, 4) is 0 Å². The fourth-order valence-electron chi connectivity index (χ4n) is 1.77. The van der Waals surface area contributed by atoms with Crippen LogP contribution < -0.4 is 5.73 Å². The van der Waals surface area contributed by atoms with Gasteiger partial charge in [-0.15, -0.1) is 16.4 Å². The minimum Gasteiger partial charge on any atom is -0.399 e. The van der Waals surface area contributed by atoms with Crippen molar-refractivity contribution in [3.05, 3.63) is 30.1 Å². The van der Waals surface area contributed by atoms with E-state index in [1.54, 1.807) is 31.4 Å². The summed E-state index contributed by atoms with van der Waals surface area (Å²) >= 11 is 1.11. The van der Waals surface area contributed by atoms with Crippen LogP contribution >= 0.6 is 11.3 Å². The molecular weight excluding hydrogens is 298 g/mol. The number of sulfone groups is 1. The van der Waals surface area contributed by atoms with Crippen LogP contribution in [-0.2, 0) is 22.6 Å². The smallest absolute Gasteiger partial charge is 0.211 e. The molecule has 0 radical (unpaired) electrons. The van der Waals surface area contributed by atoms with Gasteiger partial charge in [-0.05, 0) is 18.2 Å². The number of rotatable bonds is 3. The van der Waals surface area contributed by atoms with Crippen LogP contribution in [-0.4, -0.2) is 28.4 Å². The van der Waals surface area contributed by atoms with E-state index < -0.39 is 9.84 Å². The largest absolute Gasteiger partial charge is 0.399 e. The molecule has 2 heterocycles. The van der Waals surface area contributed by atoms with Gasteiger partial charge in [-0.25, -0.2) is 13.4 Å². The van der Waals surface area contributed by atoms with Crippen LogP contribution in [0.5, 0.6) is 0 Å². The number of nitrogens with zero attached hydrogens (tertiary/aromatic N) is 4. The van der Waals surface area contributed by atoms with E-state index >= 15 is 0 Å². The van der Waals surface area contributed by atoms with Gasteiger partial charge in [0.05, 0.1) is 15.9 Å². The van der Waals surface area contributed by atoms with Gasteiger partial charge in [0.25, 0.3) is 0 Å². The van der Waals surface area contributed by atoms with Crippen LogP contribution in [0.25, 0.3) is 10.2 Å². The van der Waals surface area contributed by atoms with E-state index in [2.05, 4.69) is 15.3 Å². The lowest BCUT2D eigenvalue weighted by atomic mass is 10.3. The van der Waals surface area contributed by atoms with E-state index in [0.717, 1.165) is 16.0 Å². The second-order valence-electron chi connectivity index (χ2n) is 4.35. The zero-order valence-corrected chi connectivity index (χ0v) is 12.1. The standard InChI is InChI=1S/C11H11N5O2S2/c1-16-5-8(14-15-16)6-20(17,18)11-13-9-3-2-7(12)4-10(9)19-11/h2-5H,6,12H2,1H3. The maximum absolute atomic E-state index is 12.3.